The third-order valence-electron chi connectivity index (χ3n) is 5.58. The van der Waals surface area contributed by atoms with Gasteiger partial charge in [0.25, 0.3) is 0 Å². The maximum absolute atomic E-state index is 12.8. The number of benzene rings is 1. The molecule has 6 heteroatoms. The number of nitrogens with zero attached hydrogens (tertiary/aromatic N) is 1. The molecule has 6 nitrogen and oxygen atoms in total. The fraction of sp³-hybridized carbons (Fsp3) is 0.524. The van der Waals surface area contributed by atoms with Gasteiger partial charge >= 0.3 is 0 Å². The Morgan fingerprint density at radius 2 is 1.96 bits per heavy atom. The molecule has 0 saturated carbocycles. The topological polar surface area (TPSA) is 70.7 Å². The van der Waals surface area contributed by atoms with Gasteiger partial charge in [-0.1, -0.05) is 12.1 Å². The van der Waals surface area contributed by atoms with Crippen LogP contribution >= 0.6 is 0 Å². The summed E-state index contributed by atoms with van der Waals surface area (Å²) in [4.78, 5) is 27.4. The zero-order valence-electron chi connectivity index (χ0n) is 16.2. The lowest BCUT2D eigenvalue weighted by Gasteiger charge is -2.41. The molecule has 0 atom stereocenters. The largest absolute Gasteiger partial charge is 0.497 e. The molecule has 0 aromatic heterocycles. The van der Waals surface area contributed by atoms with E-state index in [2.05, 4.69) is 16.7 Å². The lowest BCUT2D eigenvalue weighted by atomic mass is 9.85. The van der Waals surface area contributed by atoms with Crippen LogP contribution in [-0.2, 0) is 9.59 Å². The molecular weight excluding hydrogens is 342 g/mol. The second-order valence-corrected chi connectivity index (χ2v) is 7.29. The zero-order chi connectivity index (χ0) is 19.3. The number of rotatable bonds is 5. The van der Waals surface area contributed by atoms with Crippen molar-refractivity contribution in [3.8, 4) is 5.75 Å². The maximum Gasteiger partial charge on any atom is 0.249 e. The number of carbonyl (C=O) groups excluding carboxylic acids is 2. The highest BCUT2D eigenvalue weighted by atomic mass is 16.5. The lowest BCUT2D eigenvalue weighted by molar-refractivity contribution is -0.133. The number of methoxy groups -OCH3 is 1. The summed E-state index contributed by atoms with van der Waals surface area (Å²) in [6.45, 7) is 1.14. The molecule has 0 unspecified atom stereocenters. The Bertz CT molecular complexity index is 721. The Labute approximate surface area is 161 Å². The van der Waals surface area contributed by atoms with Crippen LogP contribution in [0, 0.1) is 0 Å². The molecule has 1 fully saturated rings. The molecule has 27 heavy (non-hydrogen) atoms. The molecule has 2 N–H and O–H groups in total. The summed E-state index contributed by atoms with van der Waals surface area (Å²) in [7, 11) is 3.28. The van der Waals surface area contributed by atoms with E-state index in [0.29, 0.717) is 25.9 Å². The van der Waals surface area contributed by atoms with Gasteiger partial charge in [-0.2, -0.15) is 0 Å². The first-order chi connectivity index (χ1) is 13.1. The van der Waals surface area contributed by atoms with Gasteiger partial charge in [-0.3, -0.25) is 9.59 Å². The highest BCUT2D eigenvalue weighted by Gasteiger charge is 2.42. The minimum atomic E-state index is -0.723. The van der Waals surface area contributed by atoms with Crippen LogP contribution in [0.2, 0.25) is 0 Å². The van der Waals surface area contributed by atoms with Crippen molar-refractivity contribution >= 4 is 17.5 Å². The van der Waals surface area contributed by atoms with Crippen LogP contribution in [-0.4, -0.2) is 49.5 Å². The highest BCUT2D eigenvalue weighted by molar-refractivity contribution is 5.94. The van der Waals surface area contributed by atoms with Crippen LogP contribution in [0.5, 0.6) is 5.75 Å². The predicted octanol–water partition coefficient (Wildman–Crippen LogP) is 2.71. The Morgan fingerprint density at radius 3 is 2.59 bits per heavy atom. The standard InChI is InChI=1S/C21H29N3O3/c1-22-20(26)21(23-17-9-6-10-18(15-17)27-2)11-13-24(14-12-21)19(25)16-7-4-3-5-8-16/h6-7,9-10,15,23H,3-5,8,11-14H2,1-2H3,(H,22,26). The fourth-order valence-electron chi connectivity index (χ4n) is 3.95. The molecule has 3 rings (SSSR count). The van der Waals surface area contributed by atoms with E-state index in [1.807, 2.05) is 29.2 Å². The van der Waals surface area contributed by atoms with Crippen molar-refractivity contribution in [2.75, 3.05) is 32.6 Å². The van der Waals surface area contributed by atoms with E-state index in [4.69, 9.17) is 4.74 Å². The summed E-state index contributed by atoms with van der Waals surface area (Å²) in [6.07, 6.45) is 7.35. The van der Waals surface area contributed by atoms with Crippen LogP contribution in [0.3, 0.4) is 0 Å². The van der Waals surface area contributed by atoms with Gasteiger partial charge in [0, 0.05) is 37.5 Å². The van der Waals surface area contributed by atoms with Crippen molar-refractivity contribution in [1.82, 2.24) is 10.2 Å². The molecule has 0 radical (unpaired) electrons. The van der Waals surface area contributed by atoms with Crippen molar-refractivity contribution < 1.29 is 14.3 Å². The van der Waals surface area contributed by atoms with Crippen molar-refractivity contribution in [2.45, 2.75) is 44.1 Å². The van der Waals surface area contributed by atoms with E-state index in [1.165, 1.54) is 6.42 Å². The third kappa shape index (κ3) is 4.26. The summed E-state index contributed by atoms with van der Waals surface area (Å²) >= 11 is 0. The van der Waals surface area contributed by atoms with Gasteiger partial charge in [0.1, 0.15) is 11.3 Å². The smallest absolute Gasteiger partial charge is 0.249 e. The molecule has 1 aromatic carbocycles. The molecule has 1 aromatic rings. The number of hydrogen-bond acceptors (Lipinski definition) is 4. The van der Waals surface area contributed by atoms with Gasteiger partial charge in [-0.25, -0.2) is 0 Å². The van der Waals surface area contributed by atoms with Crippen LogP contribution in [0.15, 0.2) is 35.9 Å². The van der Waals surface area contributed by atoms with Crippen LogP contribution < -0.4 is 15.4 Å². The zero-order valence-corrected chi connectivity index (χ0v) is 16.2. The van der Waals surface area contributed by atoms with Crippen molar-refractivity contribution in [3.05, 3.63) is 35.9 Å². The Morgan fingerprint density at radius 1 is 1.19 bits per heavy atom. The summed E-state index contributed by atoms with van der Waals surface area (Å²) in [5.74, 6) is 0.833. The van der Waals surface area contributed by atoms with Crippen molar-refractivity contribution in [3.63, 3.8) is 0 Å². The normalized spacial score (nSPS) is 19.0. The molecule has 2 aliphatic rings. The number of carbonyl (C=O) groups is 2. The maximum atomic E-state index is 12.8. The van der Waals surface area contributed by atoms with Crippen molar-refractivity contribution in [1.29, 1.82) is 0 Å². The van der Waals surface area contributed by atoms with Crippen LogP contribution in [0.25, 0.3) is 0 Å². The van der Waals surface area contributed by atoms with Crippen LogP contribution in [0.1, 0.15) is 38.5 Å². The highest BCUT2D eigenvalue weighted by Crippen LogP contribution is 2.30. The molecule has 1 aliphatic heterocycles. The van der Waals surface area contributed by atoms with Gasteiger partial charge in [0.15, 0.2) is 0 Å². The summed E-state index contributed by atoms with van der Waals surface area (Å²) < 4.78 is 5.28. The fourth-order valence-corrected chi connectivity index (χ4v) is 3.95. The summed E-state index contributed by atoms with van der Waals surface area (Å²) in [5, 5.41) is 6.20. The number of ether oxygens (including phenoxy) is 1. The SMILES string of the molecule is CNC(=O)C1(Nc2cccc(OC)c2)CCN(C(=O)C2=CCCCC2)CC1. The quantitative estimate of drug-likeness (QED) is 0.835. The van der Waals surface area contributed by atoms with Crippen molar-refractivity contribution in [2.24, 2.45) is 0 Å². The Balaban J connectivity index is 1.72. The second-order valence-electron chi connectivity index (χ2n) is 7.29. The molecule has 2 amide bonds. The van der Waals surface area contributed by atoms with E-state index >= 15 is 0 Å². The van der Waals surface area contributed by atoms with E-state index in [9.17, 15) is 9.59 Å². The molecule has 1 heterocycles. The average molecular weight is 371 g/mol. The molecule has 146 valence electrons. The molecular formula is C21H29N3O3. The molecule has 1 saturated heterocycles. The second kappa shape index (κ2) is 8.46. The first-order valence-corrected chi connectivity index (χ1v) is 9.71. The first kappa shape index (κ1) is 19.3. The lowest BCUT2D eigenvalue weighted by Crippen LogP contribution is -2.58. The predicted molar refractivity (Wildman–Crippen MR) is 106 cm³/mol. The molecule has 0 bridgehead atoms. The molecule has 0 spiro atoms. The third-order valence-corrected chi connectivity index (χ3v) is 5.58. The van der Waals surface area contributed by atoms with E-state index < -0.39 is 5.54 Å². The van der Waals surface area contributed by atoms with Crippen LogP contribution in [0.4, 0.5) is 5.69 Å². The van der Waals surface area contributed by atoms with E-state index in [0.717, 1.165) is 36.3 Å². The summed E-state index contributed by atoms with van der Waals surface area (Å²) in [6, 6.07) is 7.58. The van der Waals surface area contributed by atoms with Gasteiger partial charge in [0.2, 0.25) is 11.8 Å². The summed E-state index contributed by atoms with van der Waals surface area (Å²) in [5.41, 5.74) is 1.06. The van der Waals surface area contributed by atoms with Gasteiger partial charge < -0.3 is 20.3 Å². The Hall–Kier alpha value is -2.50. The van der Waals surface area contributed by atoms with E-state index in [1.54, 1.807) is 14.2 Å². The molecule has 1 aliphatic carbocycles. The number of anilines is 1. The monoisotopic (exact) mass is 371 g/mol. The Kier molecular flexibility index (Phi) is 6.04. The van der Waals surface area contributed by atoms with Gasteiger partial charge in [0.05, 0.1) is 7.11 Å². The number of hydrogen-bond donors (Lipinski definition) is 2. The van der Waals surface area contributed by atoms with E-state index in [-0.39, 0.29) is 11.8 Å². The number of allylic oxidation sites excluding steroid dienone is 1. The van der Waals surface area contributed by atoms with Gasteiger partial charge in [-0.15, -0.1) is 0 Å². The average Bonchev–Trinajstić information content (AvgIpc) is 2.74. The first-order valence-electron chi connectivity index (χ1n) is 9.71. The number of piperidine rings is 1. The van der Waals surface area contributed by atoms with Gasteiger partial charge in [-0.05, 0) is 50.7 Å². The number of likely N-dealkylation sites (tertiary alicyclic amines) is 1. The number of likely N-dealkylation sites (N-methyl/N-ethyl adjacent to an activating group) is 1. The number of amides is 2. The number of nitrogens with one attached hydrogen (secondary N) is 2. The minimum absolute atomic E-state index is 0.0469. The minimum Gasteiger partial charge on any atom is -0.497 e.